The van der Waals surface area contributed by atoms with Crippen molar-refractivity contribution < 1.29 is 22.8 Å². The Kier molecular flexibility index (Phi) is 5.68. The van der Waals surface area contributed by atoms with Gasteiger partial charge in [-0.15, -0.1) is 0 Å². The van der Waals surface area contributed by atoms with Gasteiger partial charge in [0.1, 0.15) is 0 Å². The lowest BCUT2D eigenvalue weighted by Crippen LogP contribution is -2.47. The molecule has 0 radical (unpaired) electrons. The number of benzene rings is 1. The van der Waals surface area contributed by atoms with Crippen molar-refractivity contribution in [1.29, 1.82) is 0 Å². The van der Waals surface area contributed by atoms with Gasteiger partial charge in [0.15, 0.2) is 0 Å². The Bertz CT molecular complexity index is 663. The zero-order valence-corrected chi connectivity index (χ0v) is 15.5. The van der Waals surface area contributed by atoms with Crippen molar-refractivity contribution >= 4 is 11.8 Å². The zero-order chi connectivity index (χ0) is 19.7. The first-order chi connectivity index (χ1) is 11.9. The van der Waals surface area contributed by atoms with Crippen LogP contribution in [0.3, 0.4) is 0 Å². The highest BCUT2D eigenvalue weighted by molar-refractivity contribution is 5.88. The number of nitrogens with one attached hydrogen (secondary N) is 1. The van der Waals surface area contributed by atoms with Crippen LogP contribution in [0.1, 0.15) is 51.2 Å². The summed E-state index contributed by atoms with van der Waals surface area (Å²) in [5.74, 6) is -0.695. The number of rotatable bonds is 5. The summed E-state index contributed by atoms with van der Waals surface area (Å²) in [6, 6.07) is 4.96. The molecule has 1 aromatic carbocycles. The molecule has 26 heavy (non-hydrogen) atoms. The van der Waals surface area contributed by atoms with Crippen molar-refractivity contribution in [3.05, 3.63) is 35.4 Å². The summed E-state index contributed by atoms with van der Waals surface area (Å²) in [5, 5.41) is 2.82. The number of carbonyl (C=O) groups excluding carboxylic acids is 2. The van der Waals surface area contributed by atoms with E-state index in [1.54, 1.807) is 6.92 Å². The minimum Gasteiger partial charge on any atom is -0.350 e. The van der Waals surface area contributed by atoms with Gasteiger partial charge in [0.05, 0.1) is 12.1 Å². The molecule has 1 N–H and O–H groups in total. The van der Waals surface area contributed by atoms with Crippen LogP contribution in [0.4, 0.5) is 13.2 Å². The van der Waals surface area contributed by atoms with E-state index < -0.39 is 11.7 Å². The molecule has 1 aliphatic carbocycles. The molecule has 0 heterocycles. The van der Waals surface area contributed by atoms with Gasteiger partial charge in [-0.05, 0) is 57.7 Å². The molecule has 2 unspecified atom stereocenters. The molecule has 0 spiro atoms. The highest BCUT2D eigenvalue weighted by atomic mass is 19.4. The minimum atomic E-state index is -4.36. The van der Waals surface area contributed by atoms with Gasteiger partial charge in [-0.2, -0.15) is 13.2 Å². The molecule has 144 valence electrons. The number of carbonyl (C=O) groups is 2. The fourth-order valence-electron chi connectivity index (χ4n) is 2.97. The summed E-state index contributed by atoms with van der Waals surface area (Å²) in [6.07, 6.45) is -3.77. The van der Waals surface area contributed by atoms with Crippen molar-refractivity contribution in [2.75, 3.05) is 13.1 Å². The van der Waals surface area contributed by atoms with Crippen LogP contribution < -0.4 is 5.32 Å². The molecule has 2 rings (SSSR count). The molecule has 4 nitrogen and oxygen atoms in total. The number of halogens is 3. The molecule has 2 amide bonds. The van der Waals surface area contributed by atoms with E-state index in [9.17, 15) is 22.8 Å². The number of hydrogen-bond donors (Lipinski definition) is 1. The molecule has 0 bridgehead atoms. The third kappa shape index (κ3) is 5.22. The van der Waals surface area contributed by atoms with Crippen molar-refractivity contribution in [3.8, 4) is 0 Å². The van der Waals surface area contributed by atoms with Crippen molar-refractivity contribution in [2.24, 2.45) is 5.92 Å². The molecular weight excluding hydrogens is 345 g/mol. The van der Waals surface area contributed by atoms with E-state index in [0.717, 1.165) is 17.7 Å². The lowest BCUT2D eigenvalue weighted by molar-refractivity contribution is -0.137. The van der Waals surface area contributed by atoms with E-state index in [1.807, 2.05) is 20.8 Å². The highest BCUT2D eigenvalue weighted by Crippen LogP contribution is 2.48. The number of hydrogen-bond acceptors (Lipinski definition) is 2. The van der Waals surface area contributed by atoms with Crippen LogP contribution in [0.15, 0.2) is 24.3 Å². The number of nitrogens with zero attached hydrogens (tertiary/aromatic N) is 1. The standard InChI is InChI=1S/C19H25F3N2O2/c1-5-24(11-16(25)23-18(2,3)4)17(26)15-10-14(15)12-6-8-13(9-7-12)19(20,21)22/h6-9,14-15H,5,10-11H2,1-4H3,(H,23,25). The van der Waals surface area contributed by atoms with Crippen LogP contribution in [0.25, 0.3) is 0 Å². The highest BCUT2D eigenvalue weighted by Gasteiger charge is 2.46. The van der Waals surface area contributed by atoms with E-state index in [2.05, 4.69) is 5.32 Å². The van der Waals surface area contributed by atoms with Crippen LogP contribution in [0, 0.1) is 5.92 Å². The average molecular weight is 370 g/mol. The Labute approximate surface area is 151 Å². The van der Waals surface area contributed by atoms with Gasteiger partial charge >= 0.3 is 6.18 Å². The average Bonchev–Trinajstić information content (AvgIpc) is 3.30. The quantitative estimate of drug-likeness (QED) is 0.861. The second kappa shape index (κ2) is 7.29. The first-order valence-corrected chi connectivity index (χ1v) is 8.69. The second-order valence-electron chi connectivity index (χ2n) is 7.72. The van der Waals surface area contributed by atoms with Crippen molar-refractivity contribution in [3.63, 3.8) is 0 Å². The summed E-state index contributed by atoms with van der Waals surface area (Å²) in [4.78, 5) is 26.2. The first kappa shape index (κ1) is 20.3. The molecule has 0 aliphatic heterocycles. The normalized spacial score (nSPS) is 19.8. The van der Waals surface area contributed by atoms with Gasteiger partial charge in [-0.3, -0.25) is 9.59 Å². The summed E-state index contributed by atoms with van der Waals surface area (Å²) in [6.45, 7) is 7.80. The predicted octanol–water partition coefficient (Wildman–Crippen LogP) is 3.57. The molecular formula is C19H25F3N2O2. The molecule has 1 saturated carbocycles. The lowest BCUT2D eigenvalue weighted by atomic mass is 10.1. The molecule has 2 atom stereocenters. The van der Waals surface area contributed by atoms with Gasteiger partial charge in [-0.1, -0.05) is 12.1 Å². The minimum absolute atomic E-state index is 0.0111. The van der Waals surface area contributed by atoms with Crippen LogP contribution >= 0.6 is 0 Å². The molecule has 1 aromatic rings. The molecule has 1 aliphatic rings. The summed E-state index contributed by atoms with van der Waals surface area (Å²) < 4.78 is 37.9. The molecule has 0 aromatic heterocycles. The van der Waals surface area contributed by atoms with E-state index >= 15 is 0 Å². The fourth-order valence-corrected chi connectivity index (χ4v) is 2.97. The summed E-state index contributed by atoms with van der Waals surface area (Å²) in [5.41, 5.74) is -0.340. The van der Waals surface area contributed by atoms with Crippen molar-refractivity contribution in [2.45, 2.75) is 51.7 Å². The Hall–Kier alpha value is -2.05. The third-order valence-corrected chi connectivity index (χ3v) is 4.32. The summed E-state index contributed by atoms with van der Waals surface area (Å²) >= 11 is 0. The monoisotopic (exact) mass is 370 g/mol. The van der Waals surface area contributed by atoms with Gasteiger partial charge in [0.25, 0.3) is 0 Å². The maximum absolute atomic E-state index is 12.6. The smallest absolute Gasteiger partial charge is 0.350 e. The third-order valence-electron chi connectivity index (χ3n) is 4.32. The van der Waals surface area contributed by atoms with Gasteiger partial charge in [0.2, 0.25) is 11.8 Å². The van der Waals surface area contributed by atoms with E-state index in [1.165, 1.54) is 17.0 Å². The first-order valence-electron chi connectivity index (χ1n) is 8.69. The maximum atomic E-state index is 12.6. The number of alkyl halides is 3. The maximum Gasteiger partial charge on any atom is 0.416 e. The second-order valence-corrected chi connectivity index (χ2v) is 7.72. The number of likely N-dealkylation sites (N-methyl/N-ethyl adjacent to an activating group) is 1. The molecule has 0 saturated heterocycles. The topological polar surface area (TPSA) is 49.4 Å². The van der Waals surface area contributed by atoms with Gasteiger partial charge in [0, 0.05) is 18.0 Å². The van der Waals surface area contributed by atoms with Crippen LogP contribution in [-0.4, -0.2) is 35.3 Å². The molecule has 1 fully saturated rings. The van der Waals surface area contributed by atoms with E-state index in [4.69, 9.17) is 0 Å². The van der Waals surface area contributed by atoms with Gasteiger partial charge in [-0.25, -0.2) is 0 Å². The van der Waals surface area contributed by atoms with E-state index in [-0.39, 0.29) is 35.7 Å². The summed E-state index contributed by atoms with van der Waals surface area (Å²) in [7, 11) is 0. The Balaban J connectivity index is 1.97. The van der Waals surface area contributed by atoms with Crippen LogP contribution in [0.2, 0.25) is 0 Å². The molecule has 7 heteroatoms. The lowest BCUT2D eigenvalue weighted by Gasteiger charge is -2.25. The van der Waals surface area contributed by atoms with Crippen molar-refractivity contribution in [1.82, 2.24) is 10.2 Å². The van der Waals surface area contributed by atoms with Gasteiger partial charge < -0.3 is 10.2 Å². The Morgan fingerprint density at radius 2 is 1.73 bits per heavy atom. The Morgan fingerprint density at radius 1 is 1.15 bits per heavy atom. The SMILES string of the molecule is CCN(CC(=O)NC(C)(C)C)C(=O)C1CC1c1ccc(C(F)(F)F)cc1. The van der Waals surface area contributed by atoms with Crippen LogP contribution in [-0.2, 0) is 15.8 Å². The van der Waals surface area contributed by atoms with Crippen LogP contribution in [0.5, 0.6) is 0 Å². The number of amides is 2. The Morgan fingerprint density at radius 3 is 2.19 bits per heavy atom. The van der Waals surface area contributed by atoms with E-state index in [0.29, 0.717) is 13.0 Å². The largest absolute Gasteiger partial charge is 0.416 e. The fraction of sp³-hybridized carbons (Fsp3) is 0.579. The zero-order valence-electron chi connectivity index (χ0n) is 15.5. The predicted molar refractivity (Wildman–Crippen MR) is 92.4 cm³/mol.